The molecule has 1 aliphatic carbocycles. The quantitative estimate of drug-likeness (QED) is 0.267. The number of hydrogen-bond acceptors (Lipinski definition) is 3. The number of carbonyl (C=O) groups excluding carboxylic acids is 2. The predicted molar refractivity (Wildman–Crippen MR) is 154 cm³/mol. The Morgan fingerprint density at radius 1 is 0.921 bits per heavy atom. The molecule has 1 N–H and O–H groups in total. The Kier molecular flexibility index (Phi) is 10.5. The van der Waals surface area contributed by atoms with Crippen molar-refractivity contribution in [3.8, 4) is 0 Å². The summed E-state index contributed by atoms with van der Waals surface area (Å²) < 4.78 is 13.6. The van der Waals surface area contributed by atoms with Gasteiger partial charge in [-0.25, -0.2) is 4.39 Å². The van der Waals surface area contributed by atoms with E-state index >= 15 is 0 Å². The number of halogens is 3. The monoisotopic (exact) mass is 572 g/mol. The average Bonchev–Trinajstić information content (AvgIpc) is 3.43. The van der Waals surface area contributed by atoms with Crippen molar-refractivity contribution in [2.45, 2.75) is 56.5 Å². The second-order valence-electron chi connectivity index (χ2n) is 9.58. The van der Waals surface area contributed by atoms with Crippen molar-refractivity contribution < 1.29 is 14.0 Å². The van der Waals surface area contributed by atoms with Crippen LogP contribution in [0.1, 0.15) is 42.4 Å². The van der Waals surface area contributed by atoms with E-state index in [0.717, 1.165) is 42.4 Å². The van der Waals surface area contributed by atoms with Gasteiger partial charge in [0.05, 0.1) is 15.8 Å². The van der Waals surface area contributed by atoms with Crippen molar-refractivity contribution >= 4 is 46.8 Å². The van der Waals surface area contributed by atoms with Gasteiger partial charge in [0.25, 0.3) is 0 Å². The second kappa shape index (κ2) is 14.0. The minimum Gasteiger partial charge on any atom is -0.352 e. The van der Waals surface area contributed by atoms with Crippen molar-refractivity contribution in [2.75, 3.05) is 5.75 Å². The molecule has 1 saturated carbocycles. The highest BCUT2D eigenvalue weighted by atomic mass is 35.5. The molecule has 1 atom stereocenters. The second-order valence-corrected chi connectivity index (χ2v) is 11.4. The molecular formula is C30H31Cl2FN2O2S. The summed E-state index contributed by atoms with van der Waals surface area (Å²) in [4.78, 5) is 29.0. The molecule has 0 saturated heterocycles. The molecule has 0 aliphatic heterocycles. The minimum absolute atomic E-state index is 0.132. The molecule has 1 unspecified atom stereocenters. The van der Waals surface area contributed by atoms with Crippen LogP contribution in [0.2, 0.25) is 10.0 Å². The summed E-state index contributed by atoms with van der Waals surface area (Å²) in [6.45, 7) is 0.210. The lowest BCUT2D eigenvalue weighted by atomic mass is 10.0. The number of carbonyl (C=O) groups is 2. The Morgan fingerprint density at radius 2 is 1.61 bits per heavy atom. The highest BCUT2D eigenvalue weighted by Crippen LogP contribution is 2.25. The van der Waals surface area contributed by atoms with Gasteiger partial charge in [0.1, 0.15) is 11.9 Å². The first-order valence-corrected chi connectivity index (χ1v) is 14.7. The van der Waals surface area contributed by atoms with Gasteiger partial charge in [0.2, 0.25) is 11.8 Å². The third-order valence-electron chi connectivity index (χ3n) is 6.72. The first-order valence-electron chi connectivity index (χ1n) is 12.8. The van der Waals surface area contributed by atoms with Gasteiger partial charge >= 0.3 is 0 Å². The van der Waals surface area contributed by atoms with E-state index in [4.69, 9.17) is 23.2 Å². The molecule has 3 aromatic rings. The highest BCUT2D eigenvalue weighted by molar-refractivity contribution is 7.99. The van der Waals surface area contributed by atoms with E-state index in [1.54, 1.807) is 29.2 Å². The summed E-state index contributed by atoms with van der Waals surface area (Å²) in [5.74, 6) is 0.116. The average molecular weight is 574 g/mol. The van der Waals surface area contributed by atoms with Crippen LogP contribution in [0.3, 0.4) is 0 Å². The zero-order chi connectivity index (χ0) is 26.9. The summed E-state index contributed by atoms with van der Waals surface area (Å²) in [6.07, 6.45) is 4.49. The van der Waals surface area contributed by atoms with Crippen LogP contribution in [0, 0.1) is 5.82 Å². The Labute approximate surface area is 237 Å². The first-order chi connectivity index (χ1) is 18.4. The molecule has 0 radical (unpaired) electrons. The molecule has 4 rings (SSSR count). The maximum absolute atomic E-state index is 13.7. The molecule has 0 aromatic heterocycles. The smallest absolute Gasteiger partial charge is 0.243 e. The summed E-state index contributed by atoms with van der Waals surface area (Å²) in [5, 5.41) is 4.15. The van der Waals surface area contributed by atoms with Gasteiger partial charge in [-0.05, 0) is 53.8 Å². The van der Waals surface area contributed by atoms with E-state index in [1.165, 1.54) is 23.9 Å². The fourth-order valence-electron chi connectivity index (χ4n) is 4.68. The highest BCUT2D eigenvalue weighted by Gasteiger charge is 2.32. The van der Waals surface area contributed by atoms with Crippen LogP contribution in [-0.4, -0.2) is 34.6 Å². The number of hydrogen-bond donors (Lipinski definition) is 1. The fourth-order valence-corrected chi connectivity index (χ4v) is 5.85. The van der Waals surface area contributed by atoms with Crippen LogP contribution in [0.25, 0.3) is 0 Å². The van der Waals surface area contributed by atoms with E-state index < -0.39 is 6.04 Å². The van der Waals surface area contributed by atoms with Gasteiger partial charge in [0.15, 0.2) is 0 Å². The Morgan fingerprint density at radius 3 is 2.29 bits per heavy atom. The zero-order valence-corrected chi connectivity index (χ0v) is 23.4. The largest absolute Gasteiger partial charge is 0.352 e. The lowest BCUT2D eigenvalue weighted by Gasteiger charge is -2.32. The maximum atomic E-state index is 13.7. The van der Waals surface area contributed by atoms with Crippen molar-refractivity contribution in [3.05, 3.63) is 105 Å². The van der Waals surface area contributed by atoms with Gasteiger partial charge in [-0.3, -0.25) is 9.59 Å². The zero-order valence-electron chi connectivity index (χ0n) is 21.0. The summed E-state index contributed by atoms with van der Waals surface area (Å²) in [5.41, 5.74) is 2.70. The van der Waals surface area contributed by atoms with Gasteiger partial charge in [-0.15, -0.1) is 11.8 Å². The molecule has 4 nitrogen and oxygen atoms in total. The van der Waals surface area contributed by atoms with Crippen LogP contribution in [-0.2, 0) is 28.3 Å². The lowest BCUT2D eigenvalue weighted by Crippen LogP contribution is -2.52. The summed E-state index contributed by atoms with van der Waals surface area (Å²) in [6, 6.07) is 20.7. The number of nitrogens with zero attached hydrogens (tertiary/aromatic N) is 1. The number of nitrogens with one attached hydrogen (secondary N) is 1. The molecule has 0 bridgehead atoms. The van der Waals surface area contributed by atoms with Crippen LogP contribution < -0.4 is 5.32 Å². The van der Waals surface area contributed by atoms with Crippen LogP contribution in [0.4, 0.5) is 4.39 Å². The number of benzene rings is 3. The van der Waals surface area contributed by atoms with Crippen molar-refractivity contribution in [2.24, 2.45) is 0 Å². The van der Waals surface area contributed by atoms with Gasteiger partial charge in [-0.1, -0.05) is 84.6 Å². The molecule has 3 aromatic carbocycles. The number of thioether (sulfide) groups is 1. The van der Waals surface area contributed by atoms with Crippen LogP contribution in [0.5, 0.6) is 0 Å². The summed E-state index contributed by atoms with van der Waals surface area (Å²) in [7, 11) is 0. The van der Waals surface area contributed by atoms with Gasteiger partial charge in [-0.2, -0.15) is 0 Å². The van der Waals surface area contributed by atoms with E-state index in [0.29, 0.717) is 22.2 Å². The minimum atomic E-state index is -0.693. The lowest BCUT2D eigenvalue weighted by molar-refractivity contribution is -0.139. The Hall–Kier alpha value is -2.54. The molecule has 8 heteroatoms. The molecule has 1 fully saturated rings. The molecule has 0 spiro atoms. The Bertz CT molecular complexity index is 1220. The van der Waals surface area contributed by atoms with Crippen molar-refractivity contribution in [1.29, 1.82) is 0 Å². The summed E-state index contributed by atoms with van der Waals surface area (Å²) >= 11 is 13.6. The first kappa shape index (κ1) is 28.5. The van der Waals surface area contributed by atoms with E-state index in [1.807, 2.05) is 36.4 Å². The van der Waals surface area contributed by atoms with Crippen molar-refractivity contribution in [1.82, 2.24) is 10.2 Å². The molecular weight excluding hydrogens is 542 g/mol. The molecule has 2 amide bonds. The van der Waals surface area contributed by atoms with Crippen LogP contribution in [0.15, 0.2) is 72.8 Å². The third-order valence-corrected chi connectivity index (χ3v) is 8.44. The molecule has 38 heavy (non-hydrogen) atoms. The maximum Gasteiger partial charge on any atom is 0.243 e. The molecule has 200 valence electrons. The normalized spacial score (nSPS) is 14.3. The topological polar surface area (TPSA) is 49.4 Å². The SMILES string of the molecule is O=C(NC1CCCC1)C(Cc1ccccc1)N(Cc1ccc(F)cc1)C(=O)CSCc1ccc(Cl)c(Cl)c1. The van der Waals surface area contributed by atoms with Gasteiger partial charge < -0.3 is 10.2 Å². The fraction of sp³-hybridized carbons (Fsp3) is 0.333. The van der Waals surface area contributed by atoms with Crippen molar-refractivity contribution in [3.63, 3.8) is 0 Å². The van der Waals surface area contributed by atoms with E-state index in [2.05, 4.69) is 5.32 Å². The van der Waals surface area contributed by atoms with E-state index in [-0.39, 0.29) is 36.0 Å². The van der Waals surface area contributed by atoms with Gasteiger partial charge in [0, 0.05) is 24.8 Å². The Balaban J connectivity index is 1.55. The third kappa shape index (κ3) is 8.23. The molecule has 0 heterocycles. The molecule has 1 aliphatic rings. The standard InChI is InChI=1S/C30H31Cl2FN2O2S/c31-26-15-12-23(16-27(26)32)19-38-20-29(36)35(18-22-10-13-24(33)14-11-22)28(17-21-6-2-1-3-7-21)30(37)34-25-8-4-5-9-25/h1-3,6-7,10-16,25,28H,4-5,8-9,17-20H2,(H,34,37). The predicted octanol–water partition coefficient (Wildman–Crippen LogP) is 7.06. The van der Waals surface area contributed by atoms with E-state index in [9.17, 15) is 14.0 Å². The number of amides is 2. The van der Waals surface area contributed by atoms with Crippen LogP contribution >= 0.6 is 35.0 Å². The number of rotatable bonds is 11.